The summed E-state index contributed by atoms with van der Waals surface area (Å²) >= 11 is 0. The molecule has 2 heterocycles. The predicted octanol–water partition coefficient (Wildman–Crippen LogP) is -1.39. The molecule has 3 rings (SSSR count). The highest BCUT2D eigenvalue weighted by atomic mass is 16.3. The van der Waals surface area contributed by atoms with E-state index in [9.17, 15) is 20.1 Å². The molecule has 1 fully saturated rings. The highest BCUT2D eigenvalue weighted by Gasteiger charge is 2.37. The van der Waals surface area contributed by atoms with Crippen molar-refractivity contribution in [3.8, 4) is 0 Å². The van der Waals surface area contributed by atoms with Crippen molar-refractivity contribution in [2.24, 2.45) is 11.8 Å². The van der Waals surface area contributed by atoms with Gasteiger partial charge in [-0.1, -0.05) is 0 Å². The van der Waals surface area contributed by atoms with Crippen LogP contribution in [0, 0.1) is 11.8 Å². The van der Waals surface area contributed by atoms with Crippen molar-refractivity contribution in [3.05, 3.63) is 16.7 Å². The third-order valence-corrected chi connectivity index (χ3v) is 4.48. The van der Waals surface area contributed by atoms with Gasteiger partial charge >= 0.3 is 0 Å². The van der Waals surface area contributed by atoms with E-state index >= 15 is 0 Å². The normalized spacial score (nSPS) is 29.0. The van der Waals surface area contributed by atoms with Crippen LogP contribution in [0.4, 0.5) is 5.95 Å². The summed E-state index contributed by atoms with van der Waals surface area (Å²) in [6.07, 6.45) is 1.56. The lowest BCUT2D eigenvalue weighted by atomic mass is 9.76. The molecule has 0 aromatic carbocycles. The highest BCUT2D eigenvalue weighted by Crippen LogP contribution is 2.37. The van der Waals surface area contributed by atoms with Gasteiger partial charge in [-0.15, -0.1) is 0 Å². The van der Waals surface area contributed by atoms with Gasteiger partial charge in [0.25, 0.3) is 5.56 Å². The molecule has 4 atom stereocenters. The number of aliphatic hydroxyl groups excluding tert-OH is 3. The molecule has 0 radical (unpaired) electrons. The molecule has 120 valence electrons. The number of nitrogens with zero attached hydrogens (tertiary/aromatic N) is 3. The number of nitrogen functional groups attached to an aromatic ring is 1. The molecular formula is C13H19N5O4. The van der Waals surface area contributed by atoms with Gasteiger partial charge < -0.3 is 25.6 Å². The second kappa shape index (κ2) is 5.67. The number of aromatic nitrogens is 4. The number of hydrogen-bond acceptors (Lipinski definition) is 7. The van der Waals surface area contributed by atoms with Crippen LogP contribution in [0.3, 0.4) is 0 Å². The second-order valence-electron chi connectivity index (χ2n) is 5.77. The Labute approximate surface area is 125 Å². The summed E-state index contributed by atoms with van der Waals surface area (Å²) in [5, 5.41) is 29.2. The lowest BCUT2D eigenvalue weighted by Crippen LogP contribution is -2.39. The minimum atomic E-state index is -0.723. The maximum Gasteiger partial charge on any atom is 0.280 e. The van der Waals surface area contributed by atoms with Gasteiger partial charge in [0.05, 0.1) is 18.5 Å². The summed E-state index contributed by atoms with van der Waals surface area (Å²) in [6.45, 7) is -0.151. The molecule has 0 spiro atoms. The molecule has 22 heavy (non-hydrogen) atoms. The number of anilines is 1. The number of H-pyrrole nitrogens is 1. The number of rotatable bonds is 3. The average molecular weight is 309 g/mol. The molecule has 4 unspecified atom stereocenters. The van der Waals surface area contributed by atoms with Crippen molar-refractivity contribution >= 4 is 17.1 Å². The SMILES string of the molecule is Nc1nc2c(ncn2C2CC(CO)C(CO)CC2O)c(=O)[nH]1. The van der Waals surface area contributed by atoms with Crippen molar-refractivity contribution in [1.29, 1.82) is 0 Å². The molecule has 0 aliphatic heterocycles. The van der Waals surface area contributed by atoms with Gasteiger partial charge in [-0.25, -0.2) is 4.98 Å². The summed E-state index contributed by atoms with van der Waals surface area (Å²) in [4.78, 5) is 22.3. The Hall–Kier alpha value is -1.97. The molecule has 2 aromatic heterocycles. The van der Waals surface area contributed by atoms with Crippen LogP contribution in [-0.4, -0.2) is 54.2 Å². The number of imidazole rings is 1. The minimum Gasteiger partial charge on any atom is -0.396 e. The van der Waals surface area contributed by atoms with Gasteiger partial charge in [0.2, 0.25) is 5.95 Å². The Kier molecular flexibility index (Phi) is 3.85. The molecular weight excluding hydrogens is 290 g/mol. The van der Waals surface area contributed by atoms with Crippen molar-refractivity contribution in [1.82, 2.24) is 19.5 Å². The van der Waals surface area contributed by atoms with E-state index in [2.05, 4.69) is 15.0 Å². The molecule has 0 amide bonds. The number of fused-ring (bicyclic) bond motifs is 1. The first kappa shape index (κ1) is 14.9. The standard InChI is InChI=1S/C13H19N5O4/c14-13-16-11-10(12(22)17-13)15-5-18(11)8-1-6(3-19)7(4-20)2-9(8)21/h5-9,19-21H,1-4H2,(H3,14,16,17,22). The summed E-state index contributed by atoms with van der Waals surface area (Å²) < 4.78 is 1.63. The van der Waals surface area contributed by atoms with E-state index in [-0.39, 0.29) is 42.6 Å². The number of aromatic amines is 1. The molecule has 0 bridgehead atoms. The summed E-state index contributed by atoms with van der Waals surface area (Å²) in [5.41, 5.74) is 5.61. The van der Waals surface area contributed by atoms with E-state index in [1.807, 2.05) is 0 Å². The van der Waals surface area contributed by atoms with E-state index in [0.717, 1.165) is 0 Å². The van der Waals surface area contributed by atoms with Crippen molar-refractivity contribution in [3.63, 3.8) is 0 Å². The second-order valence-corrected chi connectivity index (χ2v) is 5.77. The van der Waals surface area contributed by atoms with Gasteiger partial charge in [-0.3, -0.25) is 9.78 Å². The lowest BCUT2D eigenvalue weighted by molar-refractivity contribution is -0.0139. The van der Waals surface area contributed by atoms with Crippen LogP contribution in [-0.2, 0) is 0 Å². The zero-order valence-corrected chi connectivity index (χ0v) is 11.9. The Morgan fingerprint density at radius 2 is 2.00 bits per heavy atom. The van der Waals surface area contributed by atoms with E-state index < -0.39 is 11.7 Å². The lowest BCUT2D eigenvalue weighted by Gasteiger charge is -2.38. The molecule has 2 aromatic rings. The van der Waals surface area contributed by atoms with Crippen LogP contribution in [0.2, 0.25) is 0 Å². The fraction of sp³-hybridized carbons (Fsp3) is 0.615. The molecule has 1 aliphatic carbocycles. The van der Waals surface area contributed by atoms with E-state index in [4.69, 9.17) is 5.73 Å². The van der Waals surface area contributed by atoms with Crippen LogP contribution in [0.1, 0.15) is 18.9 Å². The van der Waals surface area contributed by atoms with Crippen molar-refractivity contribution in [2.45, 2.75) is 25.0 Å². The fourth-order valence-corrected chi connectivity index (χ4v) is 3.25. The minimum absolute atomic E-state index is 0.0171. The number of nitrogens with one attached hydrogen (secondary N) is 1. The Morgan fingerprint density at radius 3 is 2.68 bits per heavy atom. The van der Waals surface area contributed by atoms with Crippen LogP contribution >= 0.6 is 0 Å². The van der Waals surface area contributed by atoms with E-state index in [0.29, 0.717) is 18.5 Å². The van der Waals surface area contributed by atoms with Crippen LogP contribution in [0.25, 0.3) is 11.2 Å². The quantitative estimate of drug-likeness (QED) is 0.468. The molecule has 1 aliphatic rings. The van der Waals surface area contributed by atoms with E-state index in [1.165, 1.54) is 6.33 Å². The maximum atomic E-state index is 11.8. The first-order chi connectivity index (χ1) is 10.5. The first-order valence-electron chi connectivity index (χ1n) is 7.17. The summed E-state index contributed by atoms with van der Waals surface area (Å²) in [7, 11) is 0. The van der Waals surface area contributed by atoms with Crippen LogP contribution in [0.15, 0.2) is 11.1 Å². The third kappa shape index (κ3) is 2.36. The Bertz CT molecular complexity index is 727. The zero-order chi connectivity index (χ0) is 15.9. The Morgan fingerprint density at radius 1 is 1.32 bits per heavy atom. The number of hydrogen-bond donors (Lipinski definition) is 5. The van der Waals surface area contributed by atoms with Gasteiger partial charge in [-0.2, -0.15) is 4.98 Å². The average Bonchev–Trinajstić information content (AvgIpc) is 2.90. The number of nitrogens with two attached hydrogens (primary N) is 1. The summed E-state index contributed by atoms with van der Waals surface area (Å²) in [6, 6.07) is -0.376. The molecule has 6 N–H and O–H groups in total. The largest absolute Gasteiger partial charge is 0.396 e. The zero-order valence-electron chi connectivity index (χ0n) is 11.9. The topological polar surface area (TPSA) is 150 Å². The fourth-order valence-electron chi connectivity index (χ4n) is 3.25. The van der Waals surface area contributed by atoms with Gasteiger partial charge in [0, 0.05) is 13.2 Å². The van der Waals surface area contributed by atoms with Gasteiger partial charge in [0.1, 0.15) is 0 Å². The van der Waals surface area contributed by atoms with Crippen molar-refractivity contribution in [2.75, 3.05) is 18.9 Å². The molecule has 9 nitrogen and oxygen atoms in total. The monoisotopic (exact) mass is 309 g/mol. The van der Waals surface area contributed by atoms with Gasteiger partial charge in [0.15, 0.2) is 11.2 Å². The summed E-state index contributed by atoms with van der Waals surface area (Å²) in [5.74, 6) is -0.292. The van der Waals surface area contributed by atoms with Crippen LogP contribution in [0.5, 0.6) is 0 Å². The molecule has 9 heteroatoms. The number of aliphatic hydroxyl groups is 3. The maximum absolute atomic E-state index is 11.8. The predicted molar refractivity (Wildman–Crippen MR) is 78.0 cm³/mol. The van der Waals surface area contributed by atoms with Crippen molar-refractivity contribution < 1.29 is 15.3 Å². The molecule has 1 saturated carbocycles. The van der Waals surface area contributed by atoms with Gasteiger partial charge in [-0.05, 0) is 24.7 Å². The highest BCUT2D eigenvalue weighted by molar-refractivity contribution is 5.70. The van der Waals surface area contributed by atoms with E-state index in [1.54, 1.807) is 4.57 Å². The Balaban J connectivity index is 2.02. The smallest absolute Gasteiger partial charge is 0.280 e. The van der Waals surface area contributed by atoms with Crippen LogP contribution < -0.4 is 11.3 Å². The molecule has 0 saturated heterocycles. The first-order valence-corrected chi connectivity index (χ1v) is 7.17. The third-order valence-electron chi connectivity index (χ3n) is 4.48.